The molecular formula is C13H9F4N3OS. The van der Waals surface area contributed by atoms with Crippen LogP contribution in [0.5, 0.6) is 0 Å². The maximum Gasteiger partial charge on any atom is 0.434 e. The van der Waals surface area contributed by atoms with Crippen LogP contribution in [-0.4, -0.2) is 22.1 Å². The van der Waals surface area contributed by atoms with E-state index in [4.69, 9.17) is 0 Å². The standard InChI is InChI=1S/C13H9F4N3OS/c1-22-12-18-6-9(10(20-12)13(15,16)17)11(21)19-8-4-2-7(14)3-5-8/h2-6H,1H3,(H,19,21). The third-order valence-electron chi connectivity index (χ3n) is 2.56. The van der Waals surface area contributed by atoms with Crippen LogP contribution in [0.15, 0.2) is 35.6 Å². The molecule has 4 nitrogen and oxygen atoms in total. The largest absolute Gasteiger partial charge is 0.434 e. The number of hydrogen-bond donors (Lipinski definition) is 1. The van der Waals surface area contributed by atoms with Crippen molar-refractivity contribution in [1.82, 2.24) is 9.97 Å². The van der Waals surface area contributed by atoms with Crippen LogP contribution in [0.3, 0.4) is 0 Å². The quantitative estimate of drug-likeness (QED) is 0.530. The van der Waals surface area contributed by atoms with E-state index >= 15 is 0 Å². The van der Waals surface area contributed by atoms with Crippen molar-refractivity contribution in [1.29, 1.82) is 0 Å². The maximum atomic E-state index is 13.0. The second-order valence-electron chi connectivity index (χ2n) is 4.08. The fourth-order valence-electron chi connectivity index (χ4n) is 1.58. The Morgan fingerprint density at radius 2 is 1.86 bits per heavy atom. The number of halogens is 4. The van der Waals surface area contributed by atoms with Gasteiger partial charge in [-0.2, -0.15) is 13.2 Å². The Balaban J connectivity index is 2.34. The van der Waals surface area contributed by atoms with E-state index in [2.05, 4.69) is 15.3 Å². The van der Waals surface area contributed by atoms with Crippen LogP contribution < -0.4 is 5.32 Å². The molecule has 0 unspecified atom stereocenters. The summed E-state index contributed by atoms with van der Waals surface area (Å²) in [6.45, 7) is 0. The van der Waals surface area contributed by atoms with Crippen LogP contribution in [0.2, 0.25) is 0 Å². The van der Waals surface area contributed by atoms with Gasteiger partial charge < -0.3 is 5.32 Å². The molecule has 1 aromatic heterocycles. The summed E-state index contributed by atoms with van der Waals surface area (Å²) in [4.78, 5) is 19.0. The van der Waals surface area contributed by atoms with Gasteiger partial charge in [-0.15, -0.1) is 0 Å². The first-order valence-electron chi connectivity index (χ1n) is 5.86. The predicted molar refractivity (Wildman–Crippen MR) is 73.2 cm³/mol. The number of aromatic nitrogens is 2. The first kappa shape index (κ1) is 16.2. The van der Waals surface area contributed by atoms with Gasteiger partial charge in [-0.1, -0.05) is 11.8 Å². The topological polar surface area (TPSA) is 54.9 Å². The number of rotatable bonds is 3. The summed E-state index contributed by atoms with van der Waals surface area (Å²) in [7, 11) is 0. The average Bonchev–Trinajstić information content (AvgIpc) is 2.48. The van der Waals surface area contributed by atoms with Crippen LogP contribution in [0.25, 0.3) is 0 Å². The molecule has 116 valence electrons. The lowest BCUT2D eigenvalue weighted by atomic mass is 10.2. The molecule has 0 fully saturated rings. The number of nitrogens with one attached hydrogen (secondary N) is 1. The van der Waals surface area contributed by atoms with Crippen molar-refractivity contribution in [2.24, 2.45) is 0 Å². The molecule has 0 spiro atoms. The van der Waals surface area contributed by atoms with Crippen molar-refractivity contribution in [3.8, 4) is 0 Å². The monoisotopic (exact) mass is 331 g/mol. The second-order valence-corrected chi connectivity index (χ2v) is 4.85. The zero-order valence-electron chi connectivity index (χ0n) is 11.1. The molecule has 0 radical (unpaired) electrons. The third-order valence-corrected chi connectivity index (χ3v) is 3.13. The van der Waals surface area contributed by atoms with Gasteiger partial charge in [-0.3, -0.25) is 4.79 Å². The number of benzene rings is 1. The number of thioether (sulfide) groups is 1. The van der Waals surface area contributed by atoms with Gasteiger partial charge in [-0.05, 0) is 30.5 Å². The summed E-state index contributed by atoms with van der Waals surface area (Å²) in [5.74, 6) is -1.55. The Bertz CT molecular complexity index is 689. The minimum atomic E-state index is -4.79. The Labute approximate surface area is 127 Å². The second kappa shape index (κ2) is 6.30. The van der Waals surface area contributed by atoms with E-state index in [0.29, 0.717) is 0 Å². The van der Waals surface area contributed by atoms with Crippen molar-refractivity contribution in [2.45, 2.75) is 11.3 Å². The van der Waals surface area contributed by atoms with E-state index in [1.807, 2.05) is 0 Å². The Morgan fingerprint density at radius 3 is 2.41 bits per heavy atom. The van der Waals surface area contributed by atoms with Crippen LogP contribution in [0.4, 0.5) is 23.2 Å². The number of amides is 1. The van der Waals surface area contributed by atoms with Gasteiger partial charge in [-0.25, -0.2) is 14.4 Å². The summed E-state index contributed by atoms with van der Waals surface area (Å²) < 4.78 is 51.7. The summed E-state index contributed by atoms with van der Waals surface area (Å²) in [5.41, 5.74) is -1.85. The highest BCUT2D eigenvalue weighted by molar-refractivity contribution is 7.98. The molecule has 0 aliphatic carbocycles. The molecule has 0 aliphatic rings. The van der Waals surface area contributed by atoms with E-state index in [1.54, 1.807) is 0 Å². The lowest BCUT2D eigenvalue weighted by Crippen LogP contribution is -2.21. The van der Waals surface area contributed by atoms with Crippen LogP contribution in [0.1, 0.15) is 16.1 Å². The lowest BCUT2D eigenvalue weighted by Gasteiger charge is -2.12. The number of alkyl halides is 3. The van der Waals surface area contributed by atoms with E-state index < -0.39 is 29.2 Å². The number of nitrogens with zero attached hydrogens (tertiary/aromatic N) is 2. The summed E-state index contributed by atoms with van der Waals surface area (Å²) in [5, 5.41) is 2.15. The van der Waals surface area contributed by atoms with Crippen molar-refractivity contribution in [3.05, 3.63) is 47.5 Å². The molecule has 0 bridgehead atoms. The van der Waals surface area contributed by atoms with Gasteiger partial charge in [0.05, 0.1) is 5.56 Å². The number of carbonyl (C=O) groups is 1. The highest BCUT2D eigenvalue weighted by Gasteiger charge is 2.38. The van der Waals surface area contributed by atoms with Crippen LogP contribution >= 0.6 is 11.8 Å². The molecule has 22 heavy (non-hydrogen) atoms. The smallest absolute Gasteiger partial charge is 0.322 e. The van der Waals surface area contributed by atoms with Crippen LogP contribution in [0, 0.1) is 5.82 Å². The Hall–Kier alpha value is -2.16. The molecule has 0 saturated heterocycles. The lowest BCUT2D eigenvalue weighted by molar-refractivity contribution is -0.142. The third kappa shape index (κ3) is 3.73. The van der Waals surface area contributed by atoms with Gasteiger partial charge >= 0.3 is 6.18 Å². The molecule has 0 saturated carbocycles. The van der Waals surface area contributed by atoms with Crippen molar-refractivity contribution in [2.75, 3.05) is 11.6 Å². The Kier molecular flexibility index (Phi) is 4.65. The van der Waals surface area contributed by atoms with E-state index in [9.17, 15) is 22.4 Å². The fraction of sp³-hybridized carbons (Fsp3) is 0.154. The first-order valence-corrected chi connectivity index (χ1v) is 7.09. The zero-order valence-corrected chi connectivity index (χ0v) is 11.9. The van der Waals surface area contributed by atoms with Gasteiger partial charge in [0.15, 0.2) is 10.9 Å². The predicted octanol–water partition coefficient (Wildman–Crippen LogP) is 3.61. The minimum Gasteiger partial charge on any atom is -0.322 e. The first-order chi connectivity index (χ1) is 10.3. The van der Waals surface area contributed by atoms with Crippen molar-refractivity contribution >= 4 is 23.4 Å². The normalized spacial score (nSPS) is 11.3. The van der Waals surface area contributed by atoms with Crippen molar-refractivity contribution in [3.63, 3.8) is 0 Å². The Morgan fingerprint density at radius 1 is 1.23 bits per heavy atom. The number of hydrogen-bond acceptors (Lipinski definition) is 4. The fourth-order valence-corrected chi connectivity index (χ4v) is 1.92. The molecule has 2 rings (SSSR count). The molecule has 0 atom stereocenters. The van der Waals surface area contributed by atoms with Crippen molar-refractivity contribution < 1.29 is 22.4 Å². The molecule has 0 aliphatic heterocycles. The van der Waals surface area contributed by atoms with E-state index in [-0.39, 0.29) is 10.8 Å². The summed E-state index contributed by atoms with van der Waals surface area (Å²) in [6, 6.07) is 4.62. The van der Waals surface area contributed by atoms with Gasteiger partial charge in [0, 0.05) is 11.9 Å². The molecular weight excluding hydrogens is 322 g/mol. The molecule has 1 N–H and O–H groups in total. The number of anilines is 1. The maximum absolute atomic E-state index is 13.0. The highest BCUT2D eigenvalue weighted by Crippen LogP contribution is 2.31. The molecule has 1 heterocycles. The summed E-state index contributed by atoms with van der Waals surface area (Å²) in [6.07, 6.45) is -2.45. The SMILES string of the molecule is CSc1ncc(C(=O)Nc2ccc(F)cc2)c(C(F)(F)F)n1. The van der Waals surface area contributed by atoms with Gasteiger partial charge in [0.2, 0.25) is 0 Å². The molecule has 9 heteroatoms. The average molecular weight is 331 g/mol. The molecule has 1 aromatic carbocycles. The zero-order chi connectivity index (χ0) is 16.3. The van der Waals surface area contributed by atoms with Crippen LogP contribution in [-0.2, 0) is 6.18 Å². The minimum absolute atomic E-state index is 0.0920. The van der Waals surface area contributed by atoms with Gasteiger partial charge in [0.25, 0.3) is 5.91 Å². The number of carbonyl (C=O) groups excluding carboxylic acids is 1. The van der Waals surface area contributed by atoms with Gasteiger partial charge in [0.1, 0.15) is 5.82 Å². The van der Waals surface area contributed by atoms with E-state index in [1.165, 1.54) is 18.4 Å². The molecule has 2 aromatic rings. The summed E-state index contributed by atoms with van der Waals surface area (Å²) >= 11 is 0.929. The highest BCUT2D eigenvalue weighted by atomic mass is 32.2. The molecule has 1 amide bonds. The van der Waals surface area contributed by atoms with E-state index in [0.717, 1.165) is 30.1 Å².